The van der Waals surface area contributed by atoms with Crippen molar-refractivity contribution in [1.29, 1.82) is 0 Å². The van der Waals surface area contributed by atoms with E-state index in [-0.39, 0.29) is 79.7 Å². The number of rotatable bonds is 2. The summed E-state index contributed by atoms with van der Waals surface area (Å²) in [7, 11) is -4.65. The normalized spacial score (nSPS) is 13.5. The molecule has 3 aromatic rings. The Kier molecular flexibility index (Phi) is 4.75. The van der Waals surface area contributed by atoms with Gasteiger partial charge in [0.05, 0.1) is 10.6 Å². The number of para-hydroxylation sites is 1. The molecule has 0 radical (unpaired) electrons. The fourth-order valence-electron chi connectivity index (χ4n) is 2.72. The van der Waals surface area contributed by atoms with Crippen LogP contribution in [0.3, 0.4) is 0 Å². The Morgan fingerprint density at radius 3 is 2.52 bits per heavy atom. The molecule has 25 heavy (non-hydrogen) atoms. The second-order valence-corrected chi connectivity index (χ2v) is 6.70. The maximum Gasteiger partial charge on any atom is 1.00 e. The van der Waals surface area contributed by atoms with Crippen LogP contribution in [0.15, 0.2) is 52.4 Å². The van der Waals surface area contributed by atoms with Gasteiger partial charge in [0, 0.05) is 16.5 Å². The number of hydrogen-bond acceptors (Lipinski definition) is 6. The topological polar surface area (TPSA) is 123 Å². The molecule has 2 aromatic carbocycles. The summed E-state index contributed by atoms with van der Waals surface area (Å²) in [5, 5.41) is 10.5. The first-order chi connectivity index (χ1) is 11.4. The number of aliphatic imine (C=N–C) groups is 1. The van der Waals surface area contributed by atoms with Gasteiger partial charge >= 0.3 is 51.4 Å². The first kappa shape index (κ1) is 18.5. The van der Waals surface area contributed by atoms with E-state index in [1.807, 2.05) is 0 Å². The third-order valence-electron chi connectivity index (χ3n) is 3.86. The number of nitrogens with zero attached hydrogens (tertiary/aromatic N) is 1. The first-order valence-corrected chi connectivity index (χ1v) is 8.30. The van der Waals surface area contributed by atoms with Gasteiger partial charge in [0.25, 0.3) is 0 Å². The average molecular weight is 380 g/mol. The zero-order valence-corrected chi connectivity index (χ0v) is 16.9. The van der Waals surface area contributed by atoms with Gasteiger partial charge in [-0.3, -0.25) is 4.79 Å². The van der Waals surface area contributed by atoms with Gasteiger partial charge in [0.15, 0.2) is 5.75 Å². The zero-order valence-electron chi connectivity index (χ0n) is 13.0. The van der Waals surface area contributed by atoms with Gasteiger partial charge in [-0.25, -0.2) is 13.4 Å². The molecular weight excluding hydrogens is 371 g/mol. The van der Waals surface area contributed by atoms with E-state index >= 15 is 0 Å². The molecule has 0 saturated heterocycles. The van der Waals surface area contributed by atoms with Crippen LogP contribution in [0.25, 0.3) is 10.9 Å². The molecule has 0 fully saturated rings. The number of benzene rings is 2. The van der Waals surface area contributed by atoms with Crippen LogP contribution in [0.5, 0.6) is 5.75 Å². The summed E-state index contributed by atoms with van der Waals surface area (Å²) >= 11 is 0. The van der Waals surface area contributed by atoms with Gasteiger partial charge in [-0.15, -0.1) is 0 Å². The summed E-state index contributed by atoms with van der Waals surface area (Å²) in [6, 6.07) is 10.3. The van der Waals surface area contributed by atoms with Gasteiger partial charge in [-0.1, -0.05) is 12.1 Å². The van der Waals surface area contributed by atoms with Gasteiger partial charge in [-0.2, -0.15) is 0 Å². The van der Waals surface area contributed by atoms with E-state index in [0.29, 0.717) is 16.8 Å². The first-order valence-electron chi connectivity index (χ1n) is 6.89. The number of H-pyrrole nitrogens is 1. The van der Waals surface area contributed by atoms with Crippen molar-refractivity contribution in [1.82, 2.24) is 4.98 Å². The molecule has 0 amide bonds. The van der Waals surface area contributed by atoms with Crippen LogP contribution in [0, 0.1) is 0 Å². The Hall–Kier alpha value is -1.33. The molecule has 120 valence electrons. The molecule has 0 unspecified atom stereocenters. The number of carbonyl (C=O) groups is 1. The molecule has 0 spiro atoms. The van der Waals surface area contributed by atoms with Crippen LogP contribution in [-0.4, -0.2) is 34.6 Å². The summed E-state index contributed by atoms with van der Waals surface area (Å²) < 4.78 is 33.4. The number of fused-ring (bicyclic) bond motifs is 2. The quantitative estimate of drug-likeness (QED) is 0.441. The van der Waals surface area contributed by atoms with Crippen LogP contribution < -0.4 is 51.4 Å². The van der Waals surface area contributed by atoms with Crippen LogP contribution in [0.1, 0.15) is 16.1 Å². The van der Waals surface area contributed by atoms with Crippen molar-refractivity contribution >= 4 is 38.2 Å². The second-order valence-electron chi connectivity index (χ2n) is 5.32. The van der Waals surface area contributed by atoms with E-state index in [4.69, 9.17) is 0 Å². The third-order valence-corrected chi connectivity index (χ3v) is 4.70. The number of aromatic nitrogens is 1. The van der Waals surface area contributed by atoms with Gasteiger partial charge in [0.1, 0.15) is 21.5 Å². The summed E-state index contributed by atoms with van der Waals surface area (Å²) in [4.78, 5) is 19.1. The third kappa shape index (κ3) is 3.01. The maximum absolute atomic E-state index is 12.4. The van der Waals surface area contributed by atoms with Crippen LogP contribution in [0.4, 0.5) is 5.69 Å². The molecule has 1 aliphatic rings. The van der Waals surface area contributed by atoms with E-state index in [1.54, 1.807) is 24.3 Å². The van der Waals surface area contributed by atoms with Crippen molar-refractivity contribution in [3.63, 3.8) is 0 Å². The maximum atomic E-state index is 12.4. The Labute approximate surface area is 185 Å². The molecule has 2 N–H and O–H groups in total. The van der Waals surface area contributed by atoms with Crippen molar-refractivity contribution in [2.24, 2.45) is 4.99 Å². The van der Waals surface area contributed by atoms with Gasteiger partial charge in [-0.05, 0) is 30.3 Å². The molecule has 0 bridgehead atoms. The molecule has 0 aliphatic carbocycles. The standard InChI is InChI=1S/C16H10N2O5S.K/c19-15-9-3-1-2-4-11(9)17-13(15)14-16(20)10-7-8(24(21,22)23)5-6-12(10)18-14;/h1-7,18,20H,(H,21,22,23);/q;+1/p-1. The summed E-state index contributed by atoms with van der Waals surface area (Å²) in [6.07, 6.45) is 0. The van der Waals surface area contributed by atoms with Crippen molar-refractivity contribution in [2.45, 2.75) is 4.90 Å². The number of aromatic amines is 1. The van der Waals surface area contributed by atoms with Crippen LogP contribution in [0.2, 0.25) is 0 Å². The summed E-state index contributed by atoms with van der Waals surface area (Å²) in [5.41, 5.74) is 1.44. The number of aromatic hydroxyl groups is 1. The van der Waals surface area contributed by atoms with Crippen molar-refractivity contribution in [2.75, 3.05) is 0 Å². The smallest absolute Gasteiger partial charge is 0.744 e. The minimum Gasteiger partial charge on any atom is -0.744 e. The summed E-state index contributed by atoms with van der Waals surface area (Å²) in [5.74, 6) is -0.667. The van der Waals surface area contributed by atoms with Crippen LogP contribution >= 0.6 is 0 Å². The monoisotopic (exact) mass is 380 g/mol. The van der Waals surface area contributed by atoms with Crippen molar-refractivity contribution < 1.29 is 74.3 Å². The molecule has 2 heterocycles. The number of ketones is 1. The van der Waals surface area contributed by atoms with Gasteiger partial charge < -0.3 is 14.6 Å². The SMILES string of the molecule is O=C1C(c2[nH]c3ccc(S(=O)(=O)[O-])cc3c2O)=Nc2ccccc21.[K+]. The fraction of sp³-hybridized carbons (Fsp3) is 0. The Morgan fingerprint density at radius 2 is 1.84 bits per heavy atom. The zero-order chi connectivity index (χ0) is 17.1. The Balaban J connectivity index is 0.00000182. The summed E-state index contributed by atoms with van der Waals surface area (Å²) in [6.45, 7) is 0. The van der Waals surface area contributed by atoms with Crippen molar-refractivity contribution in [3.05, 3.63) is 53.7 Å². The second kappa shape index (κ2) is 6.43. The van der Waals surface area contributed by atoms with E-state index in [0.717, 1.165) is 12.1 Å². The van der Waals surface area contributed by atoms with E-state index < -0.39 is 15.0 Å². The molecular formula is C16H9KN2O5S. The predicted molar refractivity (Wildman–Crippen MR) is 84.9 cm³/mol. The molecule has 9 heteroatoms. The molecule has 0 atom stereocenters. The minimum atomic E-state index is -4.65. The number of carbonyl (C=O) groups excluding carboxylic acids is 1. The molecule has 1 aliphatic heterocycles. The molecule has 0 saturated carbocycles. The number of nitrogens with one attached hydrogen (secondary N) is 1. The van der Waals surface area contributed by atoms with E-state index in [9.17, 15) is 22.9 Å². The van der Waals surface area contributed by atoms with E-state index in [2.05, 4.69) is 9.98 Å². The Morgan fingerprint density at radius 1 is 1.12 bits per heavy atom. The van der Waals surface area contributed by atoms with E-state index in [1.165, 1.54) is 6.07 Å². The van der Waals surface area contributed by atoms with Gasteiger partial charge in [0.2, 0.25) is 5.78 Å². The predicted octanol–water partition coefficient (Wildman–Crippen LogP) is -0.901. The molecule has 1 aromatic heterocycles. The molecule has 7 nitrogen and oxygen atoms in total. The largest absolute Gasteiger partial charge is 1.00 e. The average Bonchev–Trinajstić information content (AvgIpc) is 3.05. The minimum absolute atomic E-state index is 0. The number of Topliss-reactive ketones (excluding diaryl/α,β-unsaturated/α-hetero) is 1. The fourth-order valence-corrected chi connectivity index (χ4v) is 3.21. The number of hydrogen-bond donors (Lipinski definition) is 2. The Bertz CT molecular complexity index is 1160. The van der Waals surface area contributed by atoms with Crippen molar-refractivity contribution in [3.8, 4) is 5.75 Å². The molecule has 4 rings (SSSR count). The van der Waals surface area contributed by atoms with Crippen LogP contribution in [-0.2, 0) is 10.1 Å².